The smallest absolute Gasteiger partial charge is 0.335 e. The van der Waals surface area contributed by atoms with Gasteiger partial charge in [-0.1, -0.05) is 11.3 Å². The molecule has 0 amide bonds. The molecule has 0 aliphatic carbocycles. The van der Waals surface area contributed by atoms with Crippen LogP contribution in [0.15, 0.2) is 37.6 Å². The Morgan fingerprint density at radius 2 is 2.05 bits per heavy atom. The molecule has 0 saturated heterocycles. The van der Waals surface area contributed by atoms with E-state index in [1.807, 2.05) is 0 Å². The summed E-state index contributed by atoms with van der Waals surface area (Å²) in [4.78, 5) is 14.6. The molecular weight excluding hydrogens is 436 g/mol. The Morgan fingerprint density at radius 3 is 2.60 bits per heavy atom. The van der Waals surface area contributed by atoms with E-state index in [0.717, 1.165) is 17.4 Å². The van der Waals surface area contributed by atoms with Gasteiger partial charge in [-0.2, -0.15) is 0 Å². The van der Waals surface area contributed by atoms with Crippen LogP contribution in [0.2, 0.25) is 0 Å². The summed E-state index contributed by atoms with van der Waals surface area (Å²) >= 11 is 7.38. The molecule has 6 nitrogen and oxygen atoms in total. The number of nitrogens with zero attached hydrogens (tertiary/aromatic N) is 1. The van der Waals surface area contributed by atoms with Crippen molar-refractivity contribution in [2.75, 3.05) is 4.72 Å². The van der Waals surface area contributed by atoms with Crippen molar-refractivity contribution in [2.24, 2.45) is 0 Å². The van der Waals surface area contributed by atoms with Gasteiger partial charge in [-0.05, 0) is 50.1 Å². The van der Waals surface area contributed by atoms with E-state index in [9.17, 15) is 13.2 Å². The lowest BCUT2D eigenvalue weighted by Gasteiger charge is -2.08. The lowest BCUT2D eigenvalue weighted by molar-refractivity contribution is 0.0696. The second-order valence-electron chi connectivity index (χ2n) is 3.53. The fraction of sp³-hybridized carbons (Fsp3) is 0. The summed E-state index contributed by atoms with van der Waals surface area (Å²) in [5.41, 5.74) is -0.117. The number of carboxylic acid groups (broad SMARTS) is 1. The highest BCUT2D eigenvalue weighted by Gasteiger charge is 2.21. The molecule has 2 N–H and O–H groups in total. The van der Waals surface area contributed by atoms with Gasteiger partial charge in [0, 0.05) is 4.47 Å². The Balaban J connectivity index is 2.43. The zero-order chi connectivity index (χ0) is 14.9. The molecule has 2 rings (SSSR count). The highest BCUT2D eigenvalue weighted by Crippen LogP contribution is 2.28. The van der Waals surface area contributed by atoms with E-state index >= 15 is 0 Å². The Labute approximate surface area is 135 Å². The van der Waals surface area contributed by atoms with Crippen LogP contribution in [-0.2, 0) is 10.0 Å². The van der Waals surface area contributed by atoms with Crippen molar-refractivity contribution in [3.63, 3.8) is 0 Å². The maximum atomic E-state index is 12.2. The van der Waals surface area contributed by atoms with E-state index in [1.54, 1.807) is 0 Å². The number of hydrogen-bond donors (Lipinski definition) is 2. The number of hydrogen-bond acceptors (Lipinski definition) is 5. The van der Waals surface area contributed by atoms with Gasteiger partial charge in [-0.15, -0.1) is 0 Å². The van der Waals surface area contributed by atoms with E-state index < -0.39 is 16.0 Å². The molecule has 0 radical (unpaired) electrons. The lowest BCUT2D eigenvalue weighted by Crippen LogP contribution is -2.14. The maximum absolute atomic E-state index is 12.2. The van der Waals surface area contributed by atoms with Gasteiger partial charge < -0.3 is 5.11 Å². The van der Waals surface area contributed by atoms with Crippen LogP contribution in [0, 0.1) is 0 Å². The van der Waals surface area contributed by atoms with Crippen molar-refractivity contribution in [2.45, 2.75) is 4.90 Å². The third kappa shape index (κ3) is 3.37. The molecule has 10 heteroatoms. The third-order valence-electron chi connectivity index (χ3n) is 2.17. The molecule has 0 saturated carbocycles. The van der Waals surface area contributed by atoms with E-state index in [-0.39, 0.29) is 20.1 Å². The number of carboxylic acids is 1. The largest absolute Gasteiger partial charge is 0.478 e. The summed E-state index contributed by atoms with van der Waals surface area (Å²) in [6.45, 7) is 0. The normalized spacial score (nSPS) is 11.3. The summed E-state index contributed by atoms with van der Waals surface area (Å²) in [5, 5.41) is 9.10. The zero-order valence-electron chi connectivity index (χ0n) is 9.50. The first-order valence-corrected chi connectivity index (χ1v) is 8.85. The number of rotatable bonds is 4. The van der Waals surface area contributed by atoms with Crippen LogP contribution >= 0.6 is 43.2 Å². The monoisotopic (exact) mass is 440 g/mol. The number of benzene rings is 1. The average Bonchev–Trinajstić information content (AvgIpc) is 2.73. The summed E-state index contributed by atoms with van der Waals surface area (Å²) in [6.07, 6.45) is 1.46. The Hall–Kier alpha value is -0.970. The molecule has 0 unspecified atom stereocenters. The highest BCUT2D eigenvalue weighted by molar-refractivity contribution is 9.11. The zero-order valence-corrected chi connectivity index (χ0v) is 14.3. The Kier molecular flexibility index (Phi) is 4.47. The van der Waals surface area contributed by atoms with E-state index in [0.29, 0.717) is 3.79 Å². The van der Waals surface area contributed by atoms with Crippen LogP contribution in [0.25, 0.3) is 0 Å². The fourth-order valence-electron chi connectivity index (χ4n) is 1.31. The first kappa shape index (κ1) is 15.4. The second-order valence-corrected chi connectivity index (χ2v) is 8.44. The molecule has 0 spiro atoms. The molecule has 20 heavy (non-hydrogen) atoms. The predicted molar refractivity (Wildman–Crippen MR) is 81.7 cm³/mol. The van der Waals surface area contributed by atoms with Crippen molar-refractivity contribution in [1.82, 2.24) is 4.98 Å². The van der Waals surface area contributed by atoms with Crippen molar-refractivity contribution in [3.05, 3.63) is 38.2 Å². The van der Waals surface area contributed by atoms with Crippen molar-refractivity contribution in [3.8, 4) is 0 Å². The van der Waals surface area contributed by atoms with Crippen molar-refractivity contribution >= 4 is 64.3 Å². The van der Waals surface area contributed by atoms with Gasteiger partial charge in [0.1, 0.15) is 4.90 Å². The number of halogens is 2. The number of nitrogens with one attached hydrogen (secondary N) is 1. The standard InChI is InChI=1S/C10H6Br2N2O4S2/c11-6-2-1-5(9(15)16)3-7(6)20(17,18)14-10-13-4-8(12)19-10/h1-4H,(H,13,14)(H,15,16). The number of anilines is 1. The molecule has 106 valence electrons. The van der Waals surface area contributed by atoms with E-state index in [4.69, 9.17) is 5.11 Å². The van der Waals surface area contributed by atoms with Gasteiger partial charge in [-0.3, -0.25) is 4.72 Å². The summed E-state index contributed by atoms with van der Waals surface area (Å²) in [6, 6.07) is 3.76. The first-order chi connectivity index (χ1) is 9.29. The number of carbonyl (C=O) groups is 1. The van der Waals surface area contributed by atoms with Crippen molar-refractivity contribution in [1.29, 1.82) is 0 Å². The molecule has 0 bridgehead atoms. The Bertz CT molecular complexity index is 773. The predicted octanol–water partition coefficient (Wildman–Crippen LogP) is 3.17. The van der Waals surface area contributed by atoms with E-state index in [1.165, 1.54) is 18.3 Å². The van der Waals surface area contributed by atoms with E-state index in [2.05, 4.69) is 41.6 Å². The SMILES string of the molecule is O=C(O)c1ccc(Br)c(S(=O)(=O)Nc2ncc(Br)s2)c1. The van der Waals surface area contributed by atoms with Crippen LogP contribution in [0.5, 0.6) is 0 Å². The van der Waals surface area contributed by atoms with Crippen LogP contribution in [0.3, 0.4) is 0 Å². The van der Waals surface area contributed by atoms with Gasteiger partial charge in [0.25, 0.3) is 10.0 Å². The van der Waals surface area contributed by atoms with Crippen LogP contribution in [0.1, 0.15) is 10.4 Å². The molecule has 1 aromatic carbocycles. The van der Waals surface area contributed by atoms with Gasteiger partial charge in [0.2, 0.25) is 0 Å². The molecular formula is C10H6Br2N2O4S2. The fourth-order valence-corrected chi connectivity index (χ4v) is 4.65. The number of aromatic nitrogens is 1. The van der Waals surface area contributed by atoms with Gasteiger partial charge >= 0.3 is 5.97 Å². The minimum absolute atomic E-state index is 0.117. The number of thiazole rings is 1. The first-order valence-electron chi connectivity index (χ1n) is 4.96. The average molecular weight is 442 g/mol. The van der Waals surface area contributed by atoms with Crippen LogP contribution in [0.4, 0.5) is 5.13 Å². The number of aromatic carboxylic acids is 1. The lowest BCUT2D eigenvalue weighted by atomic mass is 10.2. The topological polar surface area (TPSA) is 96.4 Å². The van der Waals surface area contributed by atoms with Gasteiger partial charge in [-0.25, -0.2) is 18.2 Å². The molecule has 1 heterocycles. The highest BCUT2D eigenvalue weighted by atomic mass is 79.9. The van der Waals surface area contributed by atoms with Gasteiger partial charge in [0.15, 0.2) is 5.13 Å². The molecule has 0 aliphatic heterocycles. The molecule has 0 fully saturated rings. The summed E-state index contributed by atoms with van der Waals surface area (Å²) in [5.74, 6) is -1.20. The molecule has 1 aromatic heterocycles. The molecule has 0 atom stereocenters. The van der Waals surface area contributed by atoms with Crippen LogP contribution < -0.4 is 4.72 Å². The van der Waals surface area contributed by atoms with Crippen molar-refractivity contribution < 1.29 is 18.3 Å². The van der Waals surface area contributed by atoms with Crippen LogP contribution in [-0.4, -0.2) is 24.5 Å². The minimum atomic E-state index is -3.92. The third-order valence-corrected chi connectivity index (χ3v) is 6.02. The summed E-state index contributed by atoms with van der Waals surface area (Å²) < 4.78 is 27.7. The minimum Gasteiger partial charge on any atom is -0.478 e. The summed E-state index contributed by atoms with van der Waals surface area (Å²) in [7, 11) is -3.92. The second kappa shape index (κ2) is 5.80. The Morgan fingerprint density at radius 1 is 1.35 bits per heavy atom. The quantitative estimate of drug-likeness (QED) is 0.759. The maximum Gasteiger partial charge on any atom is 0.335 e. The number of sulfonamides is 1. The van der Waals surface area contributed by atoms with Gasteiger partial charge in [0.05, 0.1) is 15.5 Å². The molecule has 0 aliphatic rings. The molecule has 2 aromatic rings.